The molecule has 0 nitrogen and oxygen atoms in total. The lowest BCUT2D eigenvalue weighted by Crippen LogP contribution is -2.63. The van der Waals surface area contributed by atoms with Crippen molar-refractivity contribution in [2.24, 2.45) is 10.8 Å². The smallest absolute Gasteiger partial charge is 0.0408 e. The average molecular weight is 471 g/mol. The second-order valence-corrected chi connectivity index (χ2v) is 12.2. The van der Waals surface area contributed by atoms with Crippen molar-refractivity contribution >= 4 is 0 Å². The predicted octanol–water partition coefficient (Wildman–Crippen LogP) is 9.79. The fourth-order valence-corrected chi connectivity index (χ4v) is 8.28. The lowest BCUT2D eigenvalue weighted by atomic mass is 9.38. The first-order valence-corrected chi connectivity index (χ1v) is 13.7. The first kappa shape index (κ1) is 23.3. The molecule has 36 heavy (non-hydrogen) atoms. The normalized spacial score (nSPS) is 16.7. The van der Waals surface area contributed by atoms with E-state index in [-0.39, 0.29) is 21.7 Å². The summed E-state index contributed by atoms with van der Waals surface area (Å²) in [5.74, 6) is 0. The minimum atomic E-state index is -0.246. The Balaban J connectivity index is 1.95. The summed E-state index contributed by atoms with van der Waals surface area (Å²) in [7, 11) is 0. The van der Waals surface area contributed by atoms with Crippen LogP contribution in [0.2, 0.25) is 0 Å². The highest BCUT2D eigenvalue weighted by Crippen LogP contribution is 2.75. The molecule has 0 aromatic heterocycles. The van der Waals surface area contributed by atoms with Crippen molar-refractivity contribution in [3.63, 3.8) is 0 Å². The van der Waals surface area contributed by atoms with E-state index in [4.69, 9.17) is 0 Å². The van der Waals surface area contributed by atoms with Crippen LogP contribution in [0.4, 0.5) is 0 Å². The molecule has 0 bridgehead atoms. The van der Waals surface area contributed by atoms with Crippen LogP contribution in [-0.4, -0.2) is 0 Å². The van der Waals surface area contributed by atoms with Gasteiger partial charge in [0, 0.05) is 10.8 Å². The molecule has 4 aromatic rings. The van der Waals surface area contributed by atoms with Crippen molar-refractivity contribution in [2.75, 3.05) is 0 Å². The number of benzene rings is 4. The van der Waals surface area contributed by atoms with Gasteiger partial charge in [-0.05, 0) is 68.2 Å². The molecule has 0 fully saturated rings. The first-order valence-electron chi connectivity index (χ1n) is 13.7. The maximum Gasteiger partial charge on any atom is 0.0408 e. The van der Waals surface area contributed by atoms with Gasteiger partial charge in [0.15, 0.2) is 0 Å². The molecule has 0 radical (unpaired) electrons. The summed E-state index contributed by atoms with van der Waals surface area (Å²) < 4.78 is 0. The fraction of sp³-hybridized carbons (Fsp3) is 0.333. The van der Waals surface area contributed by atoms with Crippen molar-refractivity contribution in [2.45, 2.75) is 65.2 Å². The molecule has 0 aliphatic heterocycles. The van der Waals surface area contributed by atoms with Gasteiger partial charge in [0.25, 0.3) is 0 Å². The number of fused-ring (bicyclic) bond motifs is 6. The first-order chi connectivity index (χ1) is 17.3. The van der Waals surface area contributed by atoms with E-state index < -0.39 is 0 Å². The minimum absolute atomic E-state index is 0.0211. The Labute approximate surface area is 217 Å². The Morgan fingerprint density at radius 3 is 0.861 bits per heavy atom. The highest BCUT2D eigenvalue weighted by atomic mass is 14.7. The molecule has 0 saturated carbocycles. The molecule has 6 rings (SSSR count). The van der Waals surface area contributed by atoms with E-state index in [2.05, 4.69) is 139 Å². The molecule has 0 saturated heterocycles. The van der Waals surface area contributed by atoms with Gasteiger partial charge in [0.05, 0.1) is 0 Å². The molecule has 0 heteroatoms. The Morgan fingerprint density at radius 1 is 0.417 bits per heavy atom. The van der Waals surface area contributed by atoms with Gasteiger partial charge in [-0.25, -0.2) is 0 Å². The lowest BCUT2D eigenvalue weighted by molar-refractivity contribution is 0.0335. The Bertz CT molecular complexity index is 1260. The molecule has 2 aliphatic rings. The zero-order valence-corrected chi connectivity index (χ0v) is 22.7. The molecule has 0 N–H and O–H groups in total. The number of rotatable bonds is 5. The van der Waals surface area contributed by atoms with Crippen LogP contribution in [-0.2, 0) is 10.8 Å². The van der Waals surface area contributed by atoms with E-state index >= 15 is 0 Å². The number of hydrogen-bond donors (Lipinski definition) is 0. The van der Waals surface area contributed by atoms with E-state index in [1.54, 1.807) is 0 Å². The maximum absolute atomic E-state index is 2.53. The Hall–Kier alpha value is -3.12. The van der Waals surface area contributed by atoms with Gasteiger partial charge in [0.2, 0.25) is 0 Å². The second kappa shape index (κ2) is 7.69. The summed E-state index contributed by atoms with van der Waals surface area (Å²) >= 11 is 0. The molecule has 2 aliphatic carbocycles. The summed E-state index contributed by atoms with van der Waals surface area (Å²) in [6.45, 7) is 14.9. The van der Waals surface area contributed by atoms with E-state index in [1.807, 2.05) is 0 Å². The van der Waals surface area contributed by atoms with Crippen LogP contribution >= 0.6 is 0 Å². The standard InChI is InChI=1S/C36H38/c1-7-33(3,4)35(29-21-13-9-17-25(29)26-18-10-14-22-30(26)35)36(34(5,6)8-2)31-23-15-11-19-27(31)28-20-12-16-24-32(28)36/h9-24H,7-8H2,1-6H3. The zero-order chi connectivity index (χ0) is 25.3. The Morgan fingerprint density at radius 2 is 0.639 bits per heavy atom. The second-order valence-electron chi connectivity index (χ2n) is 12.2. The molecule has 4 aromatic carbocycles. The fourth-order valence-electron chi connectivity index (χ4n) is 8.28. The quantitative estimate of drug-likeness (QED) is 0.272. The number of hydrogen-bond acceptors (Lipinski definition) is 0. The van der Waals surface area contributed by atoms with E-state index in [0.717, 1.165) is 12.8 Å². The molecule has 0 heterocycles. The summed E-state index contributed by atoms with van der Waals surface area (Å²) in [4.78, 5) is 0. The van der Waals surface area contributed by atoms with Gasteiger partial charge in [-0.15, -0.1) is 0 Å². The van der Waals surface area contributed by atoms with Crippen molar-refractivity contribution < 1.29 is 0 Å². The largest absolute Gasteiger partial charge is 0.0648 e. The molecule has 0 unspecified atom stereocenters. The van der Waals surface area contributed by atoms with Crippen LogP contribution < -0.4 is 0 Å². The SMILES string of the molecule is CCC(C)(C)C1(C2(C(C)(C)CC)c3ccccc3-c3ccccc32)c2ccccc2-c2ccccc21. The maximum atomic E-state index is 2.53. The summed E-state index contributed by atoms with van der Waals surface area (Å²) in [5, 5.41) is 0. The summed E-state index contributed by atoms with van der Waals surface area (Å²) in [6.07, 6.45) is 2.17. The molecule has 0 amide bonds. The molecular weight excluding hydrogens is 432 g/mol. The van der Waals surface area contributed by atoms with Gasteiger partial charge < -0.3 is 0 Å². The summed E-state index contributed by atoms with van der Waals surface area (Å²) in [5.41, 5.74) is 11.1. The highest BCUT2D eigenvalue weighted by molar-refractivity contribution is 5.90. The Kier molecular flexibility index (Phi) is 4.97. The predicted molar refractivity (Wildman–Crippen MR) is 153 cm³/mol. The van der Waals surface area contributed by atoms with Crippen molar-refractivity contribution in [3.8, 4) is 22.3 Å². The van der Waals surface area contributed by atoms with Crippen LogP contribution in [0.5, 0.6) is 0 Å². The van der Waals surface area contributed by atoms with Gasteiger partial charge in [-0.1, -0.05) is 139 Å². The van der Waals surface area contributed by atoms with Crippen LogP contribution in [0.25, 0.3) is 22.3 Å². The van der Waals surface area contributed by atoms with Gasteiger partial charge in [-0.3, -0.25) is 0 Å². The monoisotopic (exact) mass is 470 g/mol. The van der Waals surface area contributed by atoms with Gasteiger partial charge in [-0.2, -0.15) is 0 Å². The zero-order valence-electron chi connectivity index (χ0n) is 22.7. The van der Waals surface area contributed by atoms with Crippen LogP contribution in [0.3, 0.4) is 0 Å². The van der Waals surface area contributed by atoms with Gasteiger partial charge >= 0.3 is 0 Å². The van der Waals surface area contributed by atoms with Crippen molar-refractivity contribution in [1.29, 1.82) is 0 Å². The highest BCUT2D eigenvalue weighted by Gasteiger charge is 2.71. The minimum Gasteiger partial charge on any atom is -0.0648 e. The molecule has 182 valence electrons. The van der Waals surface area contributed by atoms with E-state index in [9.17, 15) is 0 Å². The van der Waals surface area contributed by atoms with E-state index in [0.29, 0.717) is 0 Å². The topological polar surface area (TPSA) is 0 Å². The third-order valence-corrected chi connectivity index (χ3v) is 10.3. The molecule has 0 spiro atoms. The van der Waals surface area contributed by atoms with E-state index in [1.165, 1.54) is 44.5 Å². The summed E-state index contributed by atoms with van der Waals surface area (Å²) in [6, 6.07) is 37.2. The average Bonchev–Trinajstić information content (AvgIpc) is 3.38. The van der Waals surface area contributed by atoms with Crippen molar-refractivity contribution in [1.82, 2.24) is 0 Å². The molecule has 0 atom stereocenters. The van der Waals surface area contributed by atoms with Crippen LogP contribution in [0, 0.1) is 10.8 Å². The third kappa shape index (κ3) is 2.46. The van der Waals surface area contributed by atoms with Crippen LogP contribution in [0.15, 0.2) is 97.1 Å². The lowest BCUT2D eigenvalue weighted by Gasteiger charge is -2.63. The van der Waals surface area contributed by atoms with Gasteiger partial charge in [0.1, 0.15) is 0 Å². The molecular formula is C36H38. The third-order valence-electron chi connectivity index (χ3n) is 10.3. The van der Waals surface area contributed by atoms with Crippen molar-refractivity contribution in [3.05, 3.63) is 119 Å². The van der Waals surface area contributed by atoms with Crippen LogP contribution in [0.1, 0.15) is 76.6 Å².